The minimum Gasteiger partial charge on any atom is -0.399 e. The molecule has 2 heterocycles. The Hall–Kier alpha value is -2.59. The lowest BCUT2D eigenvalue weighted by atomic mass is 9.99. The molecular formula is C20H19N3S. The van der Waals surface area contributed by atoms with Crippen LogP contribution in [0.25, 0.3) is 32.6 Å². The summed E-state index contributed by atoms with van der Waals surface area (Å²) in [6.45, 7) is 6.21. The van der Waals surface area contributed by atoms with Crippen LogP contribution in [0.1, 0.15) is 16.3 Å². The van der Waals surface area contributed by atoms with E-state index in [-0.39, 0.29) is 0 Å². The number of nitrogens with zero attached hydrogens (tertiary/aromatic N) is 1. The third-order valence-electron chi connectivity index (χ3n) is 4.33. The SMILES string of the molecule is Cc1nc(C)c(-c2cc3cc(-c4ccc(N)cc4C)ccc3[nH]2)s1. The van der Waals surface area contributed by atoms with E-state index in [9.17, 15) is 0 Å². The highest BCUT2D eigenvalue weighted by atomic mass is 32.1. The zero-order chi connectivity index (χ0) is 16.8. The van der Waals surface area contributed by atoms with E-state index in [4.69, 9.17) is 5.73 Å². The van der Waals surface area contributed by atoms with Gasteiger partial charge in [0, 0.05) is 16.6 Å². The van der Waals surface area contributed by atoms with Gasteiger partial charge >= 0.3 is 0 Å². The monoisotopic (exact) mass is 333 g/mol. The zero-order valence-corrected chi connectivity index (χ0v) is 14.8. The molecule has 2 aromatic carbocycles. The lowest BCUT2D eigenvalue weighted by molar-refractivity contribution is 1.20. The fraction of sp³-hybridized carbons (Fsp3) is 0.150. The fourth-order valence-electron chi connectivity index (χ4n) is 3.21. The Bertz CT molecular complexity index is 1060. The normalized spacial score (nSPS) is 11.3. The van der Waals surface area contributed by atoms with E-state index in [2.05, 4.69) is 54.1 Å². The second-order valence-electron chi connectivity index (χ2n) is 6.21. The summed E-state index contributed by atoms with van der Waals surface area (Å²) in [4.78, 5) is 9.26. The summed E-state index contributed by atoms with van der Waals surface area (Å²) in [5, 5.41) is 2.31. The summed E-state index contributed by atoms with van der Waals surface area (Å²) in [5.41, 5.74) is 13.7. The van der Waals surface area contributed by atoms with Crippen LogP contribution in [0.2, 0.25) is 0 Å². The molecule has 2 aromatic heterocycles. The summed E-state index contributed by atoms with van der Waals surface area (Å²) >= 11 is 1.73. The summed E-state index contributed by atoms with van der Waals surface area (Å²) in [5.74, 6) is 0. The van der Waals surface area contributed by atoms with Gasteiger partial charge in [0.1, 0.15) is 0 Å². The van der Waals surface area contributed by atoms with Gasteiger partial charge in [0.05, 0.1) is 21.3 Å². The molecule has 0 unspecified atom stereocenters. The number of aromatic nitrogens is 2. The number of anilines is 1. The Morgan fingerprint density at radius 1 is 1.00 bits per heavy atom. The quantitative estimate of drug-likeness (QED) is 0.478. The Kier molecular flexibility index (Phi) is 3.43. The number of H-pyrrole nitrogens is 1. The molecule has 120 valence electrons. The number of nitrogen functional groups attached to an aromatic ring is 1. The molecule has 4 heteroatoms. The van der Waals surface area contributed by atoms with Gasteiger partial charge in [0.2, 0.25) is 0 Å². The number of nitrogens with one attached hydrogen (secondary N) is 1. The molecule has 0 saturated carbocycles. The minimum atomic E-state index is 0.803. The molecule has 0 aliphatic heterocycles. The van der Waals surface area contributed by atoms with Crippen LogP contribution < -0.4 is 5.73 Å². The Balaban J connectivity index is 1.83. The molecular weight excluding hydrogens is 314 g/mol. The molecule has 0 fully saturated rings. The van der Waals surface area contributed by atoms with Crippen LogP contribution in [0, 0.1) is 20.8 Å². The van der Waals surface area contributed by atoms with E-state index in [0.29, 0.717) is 0 Å². The second-order valence-corrected chi connectivity index (χ2v) is 7.41. The molecule has 3 nitrogen and oxygen atoms in total. The van der Waals surface area contributed by atoms with Gasteiger partial charge in [-0.15, -0.1) is 11.3 Å². The van der Waals surface area contributed by atoms with Crippen LogP contribution in [-0.2, 0) is 0 Å². The molecule has 0 amide bonds. The van der Waals surface area contributed by atoms with E-state index >= 15 is 0 Å². The van der Waals surface area contributed by atoms with E-state index in [1.807, 2.05) is 19.1 Å². The highest BCUT2D eigenvalue weighted by Crippen LogP contribution is 2.34. The summed E-state index contributed by atoms with van der Waals surface area (Å²) in [6.07, 6.45) is 0. The van der Waals surface area contributed by atoms with Crippen molar-refractivity contribution in [1.29, 1.82) is 0 Å². The molecule has 4 rings (SSSR count). The maximum Gasteiger partial charge on any atom is 0.0904 e. The predicted molar refractivity (Wildman–Crippen MR) is 103 cm³/mol. The van der Waals surface area contributed by atoms with Crippen LogP contribution in [0.4, 0.5) is 5.69 Å². The van der Waals surface area contributed by atoms with Gasteiger partial charge in [-0.25, -0.2) is 4.98 Å². The summed E-state index contributed by atoms with van der Waals surface area (Å²) < 4.78 is 0. The predicted octanol–water partition coefficient (Wildman–Crippen LogP) is 5.47. The molecule has 0 aliphatic rings. The fourth-order valence-corrected chi connectivity index (χ4v) is 4.11. The third-order valence-corrected chi connectivity index (χ3v) is 5.44. The molecule has 0 aliphatic carbocycles. The van der Waals surface area contributed by atoms with Crippen molar-refractivity contribution in [1.82, 2.24) is 9.97 Å². The van der Waals surface area contributed by atoms with E-state index in [1.165, 1.54) is 27.0 Å². The van der Waals surface area contributed by atoms with Gasteiger partial charge in [0.25, 0.3) is 0 Å². The summed E-state index contributed by atoms with van der Waals surface area (Å²) in [6, 6.07) is 14.8. The van der Waals surface area contributed by atoms with Crippen LogP contribution in [-0.4, -0.2) is 9.97 Å². The third kappa shape index (κ3) is 2.49. The zero-order valence-electron chi connectivity index (χ0n) is 14.0. The first-order valence-corrected chi connectivity index (χ1v) is 8.76. The number of rotatable bonds is 2. The van der Waals surface area contributed by atoms with Gasteiger partial charge in [0.15, 0.2) is 0 Å². The summed E-state index contributed by atoms with van der Waals surface area (Å²) in [7, 11) is 0. The van der Waals surface area contributed by atoms with Crippen LogP contribution in [0.5, 0.6) is 0 Å². The molecule has 0 spiro atoms. The number of aryl methyl sites for hydroxylation is 3. The average molecular weight is 333 g/mol. The van der Waals surface area contributed by atoms with E-state index in [1.54, 1.807) is 11.3 Å². The van der Waals surface area contributed by atoms with Crippen molar-refractivity contribution in [3.8, 4) is 21.7 Å². The van der Waals surface area contributed by atoms with Crippen molar-refractivity contribution in [2.75, 3.05) is 5.73 Å². The van der Waals surface area contributed by atoms with Gasteiger partial charge in [-0.3, -0.25) is 0 Å². The van der Waals surface area contributed by atoms with E-state index < -0.39 is 0 Å². The Labute approximate surface area is 145 Å². The van der Waals surface area contributed by atoms with E-state index in [0.717, 1.165) is 27.6 Å². The highest BCUT2D eigenvalue weighted by molar-refractivity contribution is 7.15. The highest BCUT2D eigenvalue weighted by Gasteiger charge is 2.11. The van der Waals surface area contributed by atoms with Gasteiger partial charge in [-0.2, -0.15) is 0 Å². The van der Waals surface area contributed by atoms with Crippen LogP contribution >= 0.6 is 11.3 Å². The smallest absolute Gasteiger partial charge is 0.0904 e. The standard InChI is InChI=1S/C20H19N3S/c1-11-8-16(21)5-6-17(11)14-4-7-18-15(9-14)10-19(23-18)20-12(2)22-13(3)24-20/h4-10,23H,21H2,1-3H3. The largest absolute Gasteiger partial charge is 0.399 e. The maximum absolute atomic E-state index is 5.87. The number of fused-ring (bicyclic) bond motifs is 1. The molecule has 0 bridgehead atoms. The molecule has 0 atom stereocenters. The molecule has 4 aromatic rings. The van der Waals surface area contributed by atoms with Gasteiger partial charge < -0.3 is 10.7 Å². The number of aromatic amines is 1. The number of benzene rings is 2. The van der Waals surface area contributed by atoms with Crippen LogP contribution in [0.15, 0.2) is 42.5 Å². The Morgan fingerprint density at radius 3 is 2.54 bits per heavy atom. The first-order valence-electron chi connectivity index (χ1n) is 7.95. The first-order chi connectivity index (χ1) is 11.5. The second kappa shape index (κ2) is 5.49. The van der Waals surface area contributed by atoms with Crippen molar-refractivity contribution >= 4 is 27.9 Å². The number of nitrogens with two attached hydrogens (primary N) is 1. The first kappa shape index (κ1) is 15.0. The number of hydrogen-bond acceptors (Lipinski definition) is 3. The van der Waals surface area contributed by atoms with Crippen molar-refractivity contribution in [2.24, 2.45) is 0 Å². The Morgan fingerprint density at radius 2 is 1.83 bits per heavy atom. The lowest BCUT2D eigenvalue weighted by Crippen LogP contribution is -1.88. The minimum absolute atomic E-state index is 0.803. The van der Waals surface area contributed by atoms with Crippen molar-refractivity contribution in [2.45, 2.75) is 20.8 Å². The van der Waals surface area contributed by atoms with Crippen molar-refractivity contribution in [3.63, 3.8) is 0 Å². The number of hydrogen-bond donors (Lipinski definition) is 2. The molecule has 0 radical (unpaired) electrons. The van der Waals surface area contributed by atoms with Crippen molar-refractivity contribution in [3.05, 3.63) is 58.7 Å². The van der Waals surface area contributed by atoms with Crippen molar-refractivity contribution < 1.29 is 0 Å². The van der Waals surface area contributed by atoms with Gasteiger partial charge in [-0.1, -0.05) is 12.1 Å². The average Bonchev–Trinajstić information content (AvgIpc) is 3.09. The molecule has 3 N–H and O–H groups in total. The molecule has 24 heavy (non-hydrogen) atoms. The topological polar surface area (TPSA) is 54.7 Å². The number of thiazole rings is 1. The lowest BCUT2D eigenvalue weighted by Gasteiger charge is -2.07. The molecule has 0 saturated heterocycles. The van der Waals surface area contributed by atoms with Crippen LogP contribution in [0.3, 0.4) is 0 Å². The van der Waals surface area contributed by atoms with Gasteiger partial charge in [-0.05, 0) is 67.8 Å². The maximum atomic E-state index is 5.87.